The van der Waals surface area contributed by atoms with Gasteiger partial charge in [-0.15, -0.1) is 0 Å². The van der Waals surface area contributed by atoms with Gasteiger partial charge >= 0.3 is 5.97 Å². The summed E-state index contributed by atoms with van der Waals surface area (Å²) in [5.74, 6) is -0.168. The Kier molecular flexibility index (Phi) is 7.59. The normalized spacial score (nSPS) is 10.3. The number of alkyl halides is 1. The fourth-order valence-corrected chi connectivity index (χ4v) is 1.01. The van der Waals surface area contributed by atoms with Crippen LogP contribution < -0.4 is 0 Å². The van der Waals surface area contributed by atoms with Gasteiger partial charge in [0.15, 0.2) is 0 Å². The molecule has 0 saturated carbocycles. The number of rotatable bonds is 6. The second kappa shape index (κ2) is 7.98. The molecule has 0 bridgehead atoms. The lowest BCUT2D eigenvalue weighted by Gasteiger charge is -1.93. The van der Waals surface area contributed by atoms with Crippen molar-refractivity contribution < 1.29 is 14.3 Å². The quantitative estimate of drug-likeness (QED) is 0.312. The van der Waals surface area contributed by atoms with Crippen LogP contribution in [0.25, 0.3) is 0 Å². The van der Waals surface area contributed by atoms with E-state index in [0.717, 1.165) is 12.8 Å². The molecule has 0 fully saturated rings. The fraction of sp³-hybridized carbons (Fsp3) is 0.556. The standard InChI is InChI=1S/C9H13BrO3/c1-13-9(12)6-4-2-3-5-8(11)7-10/h4,6H,2-3,5,7H2,1H3/b6-4+. The maximum Gasteiger partial charge on any atom is 0.330 e. The summed E-state index contributed by atoms with van der Waals surface area (Å²) in [7, 11) is 1.33. The zero-order valence-corrected chi connectivity index (χ0v) is 9.17. The molecule has 0 aliphatic rings. The third-order valence-corrected chi connectivity index (χ3v) is 2.06. The van der Waals surface area contributed by atoms with E-state index in [9.17, 15) is 9.59 Å². The minimum Gasteiger partial charge on any atom is -0.466 e. The Balaban J connectivity index is 3.40. The van der Waals surface area contributed by atoms with Gasteiger partial charge in [-0.2, -0.15) is 0 Å². The smallest absolute Gasteiger partial charge is 0.330 e. The van der Waals surface area contributed by atoms with Gasteiger partial charge in [0.1, 0.15) is 5.78 Å². The Bertz CT molecular complexity index is 199. The van der Waals surface area contributed by atoms with Crippen LogP contribution in [-0.4, -0.2) is 24.2 Å². The Labute approximate surface area is 86.3 Å². The molecular weight excluding hydrogens is 236 g/mol. The lowest BCUT2D eigenvalue weighted by Crippen LogP contribution is -1.97. The molecule has 0 N–H and O–H groups in total. The first kappa shape index (κ1) is 12.4. The molecule has 0 radical (unpaired) electrons. The molecule has 0 unspecified atom stereocenters. The zero-order chi connectivity index (χ0) is 10.1. The van der Waals surface area contributed by atoms with Crippen LogP contribution in [0, 0.1) is 0 Å². The molecule has 0 atom stereocenters. The minimum absolute atomic E-state index is 0.187. The third kappa shape index (κ3) is 7.71. The van der Waals surface area contributed by atoms with Crippen molar-refractivity contribution in [2.75, 3.05) is 12.4 Å². The van der Waals surface area contributed by atoms with E-state index >= 15 is 0 Å². The number of halogens is 1. The molecule has 0 aromatic heterocycles. The van der Waals surface area contributed by atoms with Crippen molar-refractivity contribution in [3.63, 3.8) is 0 Å². The highest BCUT2D eigenvalue weighted by atomic mass is 79.9. The van der Waals surface area contributed by atoms with Crippen molar-refractivity contribution in [2.24, 2.45) is 0 Å². The Morgan fingerprint density at radius 1 is 1.46 bits per heavy atom. The lowest BCUT2D eigenvalue weighted by atomic mass is 10.2. The van der Waals surface area contributed by atoms with Gasteiger partial charge in [0, 0.05) is 12.5 Å². The zero-order valence-electron chi connectivity index (χ0n) is 7.59. The van der Waals surface area contributed by atoms with E-state index in [1.165, 1.54) is 13.2 Å². The molecule has 0 spiro atoms. The number of allylic oxidation sites excluding steroid dienone is 1. The van der Waals surface area contributed by atoms with Crippen molar-refractivity contribution in [1.29, 1.82) is 0 Å². The van der Waals surface area contributed by atoms with Crippen molar-refractivity contribution in [3.8, 4) is 0 Å². The maximum atomic E-state index is 10.8. The van der Waals surface area contributed by atoms with Gasteiger partial charge < -0.3 is 4.74 Å². The maximum absolute atomic E-state index is 10.8. The third-order valence-electron chi connectivity index (χ3n) is 1.43. The average molecular weight is 249 g/mol. The summed E-state index contributed by atoms with van der Waals surface area (Å²) in [5, 5.41) is 0.410. The van der Waals surface area contributed by atoms with E-state index in [1.54, 1.807) is 6.08 Å². The number of esters is 1. The molecular formula is C9H13BrO3. The van der Waals surface area contributed by atoms with Crippen molar-refractivity contribution in [3.05, 3.63) is 12.2 Å². The van der Waals surface area contributed by atoms with Crippen molar-refractivity contribution >= 4 is 27.7 Å². The lowest BCUT2D eigenvalue weighted by molar-refractivity contribution is -0.134. The van der Waals surface area contributed by atoms with E-state index in [4.69, 9.17) is 0 Å². The van der Waals surface area contributed by atoms with Crippen LogP contribution in [0.15, 0.2) is 12.2 Å². The van der Waals surface area contributed by atoms with Crippen LogP contribution in [0.2, 0.25) is 0 Å². The minimum atomic E-state index is -0.355. The van der Waals surface area contributed by atoms with E-state index in [-0.39, 0.29) is 11.8 Å². The first-order valence-electron chi connectivity index (χ1n) is 4.03. The molecule has 0 heterocycles. The first-order valence-corrected chi connectivity index (χ1v) is 5.15. The molecule has 0 aromatic carbocycles. The van der Waals surface area contributed by atoms with E-state index in [0.29, 0.717) is 11.8 Å². The van der Waals surface area contributed by atoms with Crippen molar-refractivity contribution in [2.45, 2.75) is 19.3 Å². The Morgan fingerprint density at radius 3 is 2.69 bits per heavy atom. The summed E-state index contributed by atoms with van der Waals surface area (Å²) in [6.07, 6.45) is 5.15. The summed E-state index contributed by atoms with van der Waals surface area (Å²) in [4.78, 5) is 21.4. The molecule has 13 heavy (non-hydrogen) atoms. The van der Waals surface area contributed by atoms with Gasteiger partial charge in [0.05, 0.1) is 12.4 Å². The van der Waals surface area contributed by atoms with E-state index < -0.39 is 0 Å². The predicted molar refractivity (Wildman–Crippen MR) is 53.8 cm³/mol. The highest BCUT2D eigenvalue weighted by Crippen LogP contribution is 1.99. The topological polar surface area (TPSA) is 43.4 Å². The Hall–Kier alpha value is -0.640. The molecule has 0 aliphatic heterocycles. The van der Waals surface area contributed by atoms with Crippen LogP contribution >= 0.6 is 15.9 Å². The largest absolute Gasteiger partial charge is 0.466 e. The molecule has 4 heteroatoms. The average Bonchev–Trinajstić information content (AvgIpc) is 2.16. The second-order valence-electron chi connectivity index (χ2n) is 2.49. The predicted octanol–water partition coefficient (Wildman–Crippen LogP) is 1.85. The molecule has 0 aliphatic carbocycles. The number of unbranched alkanes of at least 4 members (excludes halogenated alkanes) is 1. The SMILES string of the molecule is COC(=O)/C=C/CCCC(=O)CBr. The molecule has 3 nitrogen and oxygen atoms in total. The summed E-state index contributed by atoms with van der Waals surface area (Å²) >= 11 is 3.08. The highest BCUT2D eigenvalue weighted by Gasteiger charge is 1.97. The number of carbonyl (C=O) groups is 2. The number of Topliss-reactive ketones (excluding diaryl/α,β-unsaturated/α-hetero) is 1. The van der Waals surface area contributed by atoms with Crippen LogP contribution in [0.5, 0.6) is 0 Å². The van der Waals surface area contributed by atoms with Gasteiger partial charge in [-0.1, -0.05) is 22.0 Å². The molecule has 0 saturated heterocycles. The van der Waals surface area contributed by atoms with E-state index in [2.05, 4.69) is 20.7 Å². The molecule has 0 aromatic rings. The van der Waals surface area contributed by atoms with Gasteiger partial charge in [-0.05, 0) is 12.8 Å². The molecule has 0 rings (SSSR count). The number of hydrogen-bond donors (Lipinski definition) is 0. The summed E-state index contributed by atoms with van der Waals surface area (Å²) in [5.41, 5.74) is 0. The van der Waals surface area contributed by atoms with Crippen LogP contribution in [0.3, 0.4) is 0 Å². The second-order valence-corrected chi connectivity index (χ2v) is 3.05. The molecule has 0 amide bonds. The number of ether oxygens (including phenoxy) is 1. The van der Waals surface area contributed by atoms with Gasteiger partial charge in [0.25, 0.3) is 0 Å². The molecule has 74 valence electrons. The number of carbonyl (C=O) groups excluding carboxylic acids is 2. The summed E-state index contributed by atoms with van der Waals surface area (Å²) in [6.45, 7) is 0. The number of methoxy groups -OCH3 is 1. The van der Waals surface area contributed by atoms with Crippen LogP contribution in [0.1, 0.15) is 19.3 Å². The van der Waals surface area contributed by atoms with Crippen molar-refractivity contribution in [1.82, 2.24) is 0 Å². The first-order chi connectivity index (χ1) is 6.20. The van der Waals surface area contributed by atoms with Gasteiger partial charge in [-0.3, -0.25) is 4.79 Å². The van der Waals surface area contributed by atoms with E-state index in [1.807, 2.05) is 0 Å². The Morgan fingerprint density at radius 2 is 2.15 bits per heavy atom. The van der Waals surface area contributed by atoms with Crippen LogP contribution in [-0.2, 0) is 14.3 Å². The van der Waals surface area contributed by atoms with Crippen LogP contribution in [0.4, 0.5) is 0 Å². The van der Waals surface area contributed by atoms with Gasteiger partial charge in [-0.25, -0.2) is 4.79 Å². The van der Waals surface area contributed by atoms with Gasteiger partial charge in [0.2, 0.25) is 0 Å². The highest BCUT2D eigenvalue weighted by molar-refractivity contribution is 9.09. The number of ketones is 1. The number of hydrogen-bond acceptors (Lipinski definition) is 3. The summed E-state index contributed by atoms with van der Waals surface area (Å²) < 4.78 is 4.40. The monoisotopic (exact) mass is 248 g/mol. The fourth-order valence-electron chi connectivity index (χ4n) is 0.731. The summed E-state index contributed by atoms with van der Waals surface area (Å²) in [6, 6.07) is 0.